The molecule has 8 heterocycles. The highest BCUT2D eigenvalue weighted by Crippen LogP contribution is 2.32. The topological polar surface area (TPSA) is 152 Å². The summed E-state index contributed by atoms with van der Waals surface area (Å²) in [6.45, 7) is 5.02. The maximum Gasteiger partial charge on any atom is 0.410 e. The predicted octanol–water partition coefficient (Wildman–Crippen LogP) is 7.98. The van der Waals surface area contributed by atoms with E-state index in [-0.39, 0.29) is 12.0 Å². The van der Waals surface area contributed by atoms with Crippen LogP contribution in [0.4, 0.5) is 16.4 Å². The van der Waals surface area contributed by atoms with Crippen molar-refractivity contribution in [3.8, 4) is 0 Å². The molecule has 1 amide bonds. The van der Waals surface area contributed by atoms with Gasteiger partial charge in [0.25, 0.3) is 0 Å². The number of benzene rings is 1. The van der Waals surface area contributed by atoms with Gasteiger partial charge in [0, 0.05) is 86.3 Å². The second kappa shape index (κ2) is 18.9. The van der Waals surface area contributed by atoms with Crippen molar-refractivity contribution in [3.05, 3.63) is 141 Å². The van der Waals surface area contributed by atoms with Crippen LogP contribution in [-0.2, 0) is 24.4 Å². The van der Waals surface area contributed by atoms with Crippen molar-refractivity contribution in [2.75, 3.05) is 36.8 Å². The molecule has 6 aromatic heterocycles. The largest absolute Gasteiger partial charge is 0.445 e. The summed E-state index contributed by atoms with van der Waals surface area (Å²) >= 11 is 7.13. The van der Waals surface area contributed by atoms with Crippen molar-refractivity contribution in [2.24, 2.45) is 0 Å². The van der Waals surface area contributed by atoms with E-state index in [1.165, 1.54) is 0 Å². The molecule has 14 nitrogen and oxygen atoms in total. The molecule has 298 valence electrons. The van der Waals surface area contributed by atoms with E-state index in [0.717, 1.165) is 98.7 Å². The van der Waals surface area contributed by atoms with Crippen LogP contribution in [0.15, 0.2) is 113 Å². The molecule has 7 aromatic rings. The van der Waals surface area contributed by atoms with Gasteiger partial charge >= 0.3 is 6.09 Å². The summed E-state index contributed by atoms with van der Waals surface area (Å²) in [5.74, 6) is 2.59. The molecule has 0 saturated carbocycles. The van der Waals surface area contributed by atoms with Gasteiger partial charge in [-0.05, 0) is 99.5 Å². The van der Waals surface area contributed by atoms with Gasteiger partial charge in [-0.15, -0.1) is 0 Å². The first-order valence-electron chi connectivity index (χ1n) is 19.5. The standard InChI is InChI=1S/C25H25BrN6O2.C17H19BrN6/c26-21-16-29-32-23(28-15-19-7-4-10-27-14-19)13-22(30-24(21)32)20-8-11-31(12-9-20)25(33)34-17-18-5-2-1-3-6-18;18-14-11-22-24-16(21-10-12-2-1-5-20-9-12)8-15(23-17(14)24)13-3-6-19-7-4-13/h1-7,10,13-14,16,20,28H,8-9,11-12,15,17H2;1-2,5,8-9,11,13,19,21H,3-4,6-7,10H2. The summed E-state index contributed by atoms with van der Waals surface area (Å²) in [6, 6.07) is 21.9. The number of carbonyl (C=O) groups excluding carboxylic acids is 1. The number of hydrogen-bond acceptors (Lipinski definition) is 11. The Labute approximate surface area is 353 Å². The number of nitrogens with one attached hydrogen (secondary N) is 3. The molecule has 58 heavy (non-hydrogen) atoms. The molecular weight excluding hydrogens is 864 g/mol. The molecule has 2 aliphatic rings. The third-order valence-corrected chi connectivity index (χ3v) is 11.5. The van der Waals surface area contributed by atoms with Crippen molar-refractivity contribution in [1.82, 2.24) is 49.4 Å². The zero-order valence-corrected chi connectivity index (χ0v) is 35.0. The summed E-state index contributed by atoms with van der Waals surface area (Å²) < 4.78 is 10.9. The molecule has 2 saturated heterocycles. The summed E-state index contributed by atoms with van der Waals surface area (Å²) in [4.78, 5) is 32.4. The number of pyridine rings is 2. The Hall–Kier alpha value is -5.45. The molecule has 1 aromatic carbocycles. The number of aromatic nitrogens is 8. The molecule has 0 spiro atoms. The number of hydrogen-bond donors (Lipinski definition) is 3. The highest BCUT2D eigenvalue weighted by molar-refractivity contribution is 9.11. The number of rotatable bonds is 10. The first-order chi connectivity index (χ1) is 28.5. The summed E-state index contributed by atoms with van der Waals surface area (Å²) in [5, 5.41) is 19.3. The SMILES string of the molecule is Brc1cnn2c(NCc3cccnc3)cc(C3CCNCC3)nc12.O=C(OCc1ccccc1)N1CCC(c2cc(NCc3cccnc3)n3ncc(Br)c3n2)CC1. The van der Waals surface area contributed by atoms with E-state index in [1.54, 1.807) is 34.2 Å². The average Bonchev–Trinajstić information content (AvgIpc) is 3.86. The van der Waals surface area contributed by atoms with Gasteiger partial charge in [0.2, 0.25) is 0 Å². The van der Waals surface area contributed by atoms with Crippen LogP contribution in [0.5, 0.6) is 0 Å². The van der Waals surface area contributed by atoms with Crippen molar-refractivity contribution in [3.63, 3.8) is 0 Å². The lowest BCUT2D eigenvalue weighted by atomic mass is 9.93. The van der Waals surface area contributed by atoms with Crippen LogP contribution < -0.4 is 16.0 Å². The number of likely N-dealkylation sites (tertiary alicyclic amines) is 1. The van der Waals surface area contributed by atoms with Crippen LogP contribution in [0.1, 0.15) is 65.6 Å². The summed E-state index contributed by atoms with van der Waals surface area (Å²) in [5.41, 5.74) is 6.98. The lowest BCUT2D eigenvalue weighted by Gasteiger charge is -2.31. The number of piperidine rings is 2. The molecule has 2 fully saturated rings. The number of ether oxygens (including phenoxy) is 1. The van der Waals surface area contributed by atoms with Gasteiger partial charge in [0.15, 0.2) is 11.3 Å². The van der Waals surface area contributed by atoms with Crippen LogP contribution in [0.3, 0.4) is 0 Å². The maximum absolute atomic E-state index is 12.5. The molecule has 3 N–H and O–H groups in total. The Bertz CT molecular complexity index is 2420. The Kier molecular flexibility index (Phi) is 12.8. The van der Waals surface area contributed by atoms with Gasteiger partial charge in [0.1, 0.15) is 18.2 Å². The molecule has 0 aliphatic carbocycles. The summed E-state index contributed by atoms with van der Waals surface area (Å²) in [7, 11) is 0. The lowest BCUT2D eigenvalue weighted by molar-refractivity contribution is 0.0868. The zero-order chi connectivity index (χ0) is 39.7. The Morgan fingerprint density at radius 1 is 0.690 bits per heavy atom. The molecular formula is C42H44Br2N12O2. The van der Waals surface area contributed by atoms with Crippen LogP contribution in [-0.4, -0.2) is 76.3 Å². The minimum absolute atomic E-state index is 0.254. The number of carbonyl (C=O) groups is 1. The minimum atomic E-state index is -0.261. The molecule has 0 atom stereocenters. The van der Waals surface area contributed by atoms with Crippen molar-refractivity contribution in [1.29, 1.82) is 0 Å². The van der Waals surface area contributed by atoms with E-state index in [2.05, 4.69) is 86.2 Å². The summed E-state index contributed by atoms with van der Waals surface area (Å²) in [6.07, 6.45) is 14.5. The van der Waals surface area contributed by atoms with E-state index in [4.69, 9.17) is 14.7 Å². The monoisotopic (exact) mass is 906 g/mol. The van der Waals surface area contributed by atoms with Gasteiger partial charge in [-0.1, -0.05) is 42.5 Å². The van der Waals surface area contributed by atoms with Crippen LogP contribution in [0, 0.1) is 0 Å². The Morgan fingerprint density at radius 3 is 1.72 bits per heavy atom. The molecule has 9 rings (SSSR count). The third-order valence-electron chi connectivity index (χ3n) is 10.4. The van der Waals surface area contributed by atoms with Crippen molar-refractivity contribution >= 4 is 60.9 Å². The smallest absolute Gasteiger partial charge is 0.410 e. The number of anilines is 2. The van der Waals surface area contributed by atoms with E-state index < -0.39 is 0 Å². The minimum Gasteiger partial charge on any atom is -0.445 e. The highest BCUT2D eigenvalue weighted by atomic mass is 79.9. The second-order valence-electron chi connectivity index (χ2n) is 14.3. The number of fused-ring (bicyclic) bond motifs is 2. The first kappa shape index (κ1) is 39.4. The number of nitrogens with zero attached hydrogens (tertiary/aromatic N) is 9. The molecule has 0 unspecified atom stereocenters. The van der Waals surface area contributed by atoms with Gasteiger partial charge in [-0.3, -0.25) is 9.97 Å². The fraction of sp³-hybridized carbons (Fsp3) is 0.310. The molecule has 2 aliphatic heterocycles. The number of amides is 1. The van der Waals surface area contributed by atoms with Crippen LogP contribution >= 0.6 is 31.9 Å². The molecule has 0 radical (unpaired) electrons. The quantitative estimate of drug-likeness (QED) is 0.123. The maximum atomic E-state index is 12.5. The third kappa shape index (κ3) is 9.63. The Morgan fingerprint density at radius 2 is 1.21 bits per heavy atom. The van der Waals surface area contributed by atoms with Crippen molar-refractivity contribution in [2.45, 2.75) is 57.2 Å². The normalized spacial score (nSPS) is 14.9. The molecule has 16 heteroatoms. The van der Waals surface area contributed by atoms with Crippen LogP contribution in [0.25, 0.3) is 11.3 Å². The lowest BCUT2D eigenvalue weighted by Crippen LogP contribution is -2.38. The van der Waals surface area contributed by atoms with Gasteiger partial charge < -0.3 is 25.6 Å². The van der Waals surface area contributed by atoms with E-state index in [9.17, 15) is 4.79 Å². The fourth-order valence-electron chi connectivity index (χ4n) is 7.26. The van der Waals surface area contributed by atoms with Gasteiger partial charge in [-0.25, -0.2) is 14.8 Å². The van der Waals surface area contributed by atoms with Crippen molar-refractivity contribution < 1.29 is 9.53 Å². The molecule has 0 bridgehead atoms. The number of halogens is 2. The van der Waals surface area contributed by atoms with Gasteiger partial charge in [0.05, 0.1) is 21.3 Å². The Balaban J connectivity index is 0.000000172. The first-order valence-corrected chi connectivity index (χ1v) is 21.1. The highest BCUT2D eigenvalue weighted by Gasteiger charge is 2.27. The van der Waals surface area contributed by atoms with Crippen LogP contribution in [0.2, 0.25) is 0 Å². The zero-order valence-electron chi connectivity index (χ0n) is 31.8. The second-order valence-corrected chi connectivity index (χ2v) is 16.1. The van der Waals surface area contributed by atoms with E-state index >= 15 is 0 Å². The average molecular weight is 909 g/mol. The van der Waals surface area contributed by atoms with Gasteiger partial charge in [-0.2, -0.15) is 19.2 Å². The van der Waals surface area contributed by atoms with E-state index in [1.807, 2.05) is 65.4 Å². The van der Waals surface area contributed by atoms with E-state index in [0.29, 0.717) is 38.7 Å². The predicted molar refractivity (Wildman–Crippen MR) is 230 cm³/mol. The fourth-order valence-corrected chi connectivity index (χ4v) is 7.95.